The summed E-state index contributed by atoms with van der Waals surface area (Å²) in [6.45, 7) is 3.91. The average Bonchev–Trinajstić information content (AvgIpc) is 2.78. The summed E-state index contributed by atoms with van der Waals surface area (Å²) < 4.78 is 5.23. The molecule has 150 valence electrons. The fraction of sp³-hybridized carbons (Fsp3) is 0.292. The van der Waals surface area contributed by atoms with Crippen LogP contribution < -0.4 is 10.1 Å². The van der Waals surface area contributed by atoms with Gasteiger partial charge in [0.15, 0.2) is 5.82 Å². The topological polar surface area (TPSA) is 64.1 Å². The second-order valence-electron chi connectivity index (χ2n) is 7.06. The molecule has 2 aromatic carbocycles. The Labute approximate surface area is 172 Å². The Morgan fingerprint density at radius 2 is 1.79 bits per heavy atom. The molecule has 0 bridgehead atoms. The fourth-order valence-corrected chi connectivity index (χ4v) is 2.94. The van der Waals surface area contributed by atoms with Crippen molar-refractivity contribution in [1.82, 2.24) is 9.97 Å². The van der Waals surface area contributed by atoms with E-state index in [-0.39, 0.29) is 11.8 Å². The number of nitrogens with one attached hydrogen (secondary N) is 1. The van der Waals surface area contributed by atoms with Crippen LogP contribution in [0.15, 0.2) is 60.8 Å². The minimum Gasteiger partial charge on any atom is -0.497 e. The Hall–Kier alpha value is -3.21. The van der Waals surface area contributed by atoms with Crippen LogP contribution in [0.4, 0.5) is 5.82 Å². The number of aromatic nitrogens is 2. The molecule has 5 heteroatoms. The normalized spacial score (nSPS) is 11.7. The maximum absolute atomic E-state index is 12.4. The van der Waals surface area contributed by atoms with Crippen LogP contribution in [0.3, 0.4) is 0 Å². The lowest BCUT2D eigenvalue weighted by atomic mass is 10.1. The van der Waals surface area contributed by atoms with Crippen LogP contribution in [-0.4, -0.2) is 23.0 Å². The molecule has 1 unspecified atom stereocenters. The van der Waals surface area contributed by atoms with Gasteiger partial charge in [0.1, 0.15) is 5.75 Å². The first-order valence-electron chi connectivity index (χ1n) is 9.95. The number of anilines is 1. The molecular formula is C24H27N3O2. The largest absolute Gasteiger partial charge is 0.497 e. The molecule has 1 aromatic heterocycles. The molecule has 0 saturated carbocycles. The predicted molar refractivity (Wildman–Crippen MR) is 116 cm³/mol. The minimum absolute atomic E-state index is 0.0278. The van der Waals surface area contributed by atoms with Gasteiger partial charge in [0.05, 0.1) is 24.7 Å². The van der Waals surface area contributed by atoms with E-state index >= 15 is 0 Å². The third-order valence-electron chi connectivity index (χ3n) is 5.03. The number of ether oxygens (including phenoxy) is 1. The molecule has 1 heterocycles. The molecular weight excluding hydrogens is 362 g/mol. The van der Waals surface area contributed by atoms with Gasteiger partial charge >= 0.3 is 0 Å². The quantitative estimate of drug-likeness (QED) is 0.594. The van der Waals surface area contributed by atoms with Crippen molar-refractivity contribution in [1.29, 1.82) is 0 Å². The van der Waals surface area contributed by atoms with Gasteiger partial charge in [-0.05, 0) is 49.1 Å². The highest BCUT2D eigenvalue weighted by molar-refractivity contribution is 5.91. The maximum Gasteiger partial charge on any atom is 0.228 e. The van der Waals surface area contributed by atoms with Crippen molar-refractivity contribution in [2.24, 2.45) is 5.92 Å². The molecule has 29 heavy (non-hydrogen) atoms. The van der Waals surface area contributed by atoms with E-state index < -0.39 is 0 Å². The zero-order valence-corrected chi connectivity index (χ0v) is 17.2. The van der Waals surface area contributed by atoms with E-state index in [2.05, 4.69) is 22.4 Å². The van der Waals surface area contributed by atoms with Crippen molar-refractivity contribution in [3.8, 4) is 17.0 Å². The summed E-state index contributed by atoms with van der Waals surface area (Å²) in [4.78, 5) is 21.8. The standard InChI is InChI=1S/C24H27N3O2/c1-4-17(2)24(28)27-23-21(15-10-18-8-6-5-7-9-18)26-22(16-25-23)19-11-13-20(29-3)14-12-19/h5-9,11-14,16-17H,4,10,15H2,1-3H3,(H,25,27,28). The summed E-state index contributed by atoms with van der Waals surface area (Å²) in [5, 5.41) is 2.96. The lowest BCUT2D eigenvalue weighted by Gasteiger charge is -2.14. The number of carbonyl (C=O) groups is 1. The van der Waals surface area contributed by atoms with Gasteiger partial charge in [-0.3, -0.25) is 4.79 Å². The number of hydrogen-bond donors (Lipinski definition) is 1. The monoisotopic (exact) mass is 389 g/mol. The lowest BCUT2D eigenvalue weighted by Crippen LogP contribution is -2.22. The highest BCUT2D eigenvalue weighted by Gasteiger charge is 2.16. The average molecular weight is 389 g/mol. The van der Waals surface area contributed by atoms with Gasteiger partial charge in [0.25, 0.3) is 0 Å². The van der Waals surface area contributed by atoms with Crippen LogP contribution in [0, 0.1) is 5.92 Å². The highest BCUT2D eigenvalue weighted by Crippen LogP contribution is 2.23. The van der Waals surface area contributed by atoms with E-state index in [0.717, 1.165) is 35.5 Å². The van der Waals surface area contributed by atoms with Crippen LogP contribution >= 0.6 is 0 Å². The van der Waals surface area contributed by atoms with Crippen LogP contribution in [0.25, 0.3) is 11.3 Å². The Bertz CT molecular complexity index is 940. The van der Waals surface area contributed by atoms with Crippen molar-refractivity contribution in [2.45, 2.75) is 33.1 Å². The molecule has 1 atom stereocenters. The van der Waals surface area contributed by atoms with Gasteiger partial charge in [-0.2, -0.15) is 0 Å². The van der Waals surface area contributed by atoms with Crippen LogP contribution in [0.1, 0.15) is 31.5 Å². The van der Waals surface area contributed by atoms with E-state index in [0.29, 0.717) is 12.2 Å². The first kappa shape index (κ1) is 20.5. The Kier molecular flexibility index (Phi) is 6.95. The van der Waals surface area contributed by atoms with Crippen molar-refractivity contribution < 1.29 is 9.53 Å². The molecule has 0 spiro atoms. The summed E-state index contributed by atoms with van der Waals surface area (Å²) in [6, 6.07) is 18.0. The van der Waals surface area contributed by atoms with E-state index in [4.69, 9.17) is 9.72 Å². The Morgan fingerprint density at radius 1 is 1.07 bits per heavy atom. The van der Waals surface area contributed by atoms with Crippen molar-refractivity contribution >= 4 is 11.7 Å². The second-order valence-corrected chi connectivity index (χ2v) is 7.06. The predicted octanol–water partition coefficient (Wildman–Crippen LogP) is 4.92. The number of rotatable bonds is 8. The van der Waals surface area contributed by atoms with Gasteiger partial charge in [-0.1, -0.05) is 44.2 Å². The molecule has 3 rings (SSSR count). The van der Waals surface area contributed by atoms with E-state index in [9.17, 15) is 4.79 Å². The number of aryl methyl sites for hydroxylation is 2. The van der Waals surface area contributed by atoms with Gasteiger partial charge in [0, 0.05) is 11.5 Å². The minimum atomic E-state index is -0.0694. The molecule has 5 nitrogen and oxygen atoms in total. The smallest absolute Gasteiger partial charge is 0.228 e. The van der Waals surface area contributed by atoms with Gasteiger partial charge in [-0.25, -0.2) is 9.97 Å². The molecule has 0 aliphatic rings. The van der Waals surface area contributed by atoms with Crippen molar-refractivity contribution in [3.05, 3.63) is 72.1 Å². The second kappa shape index (κ2) is 9.82. The van der Waals surface area contributed by atoms with E-state index in [1.165, 1.54) is 5.56 Å². The van der Waals surface area contributed by atoms with E-state index in [1.54, 1.807) is 13.3 Å². The molecule has 0 aliphatic carbocycles. The fourth-order valence-electron chi connectivity index (χ4n) is 2.94. The summed E-state index contributed by atoms with van der Waals surface area (Å²) in [5.74, 6) is 1.24. The number of methoxy groups -OCH3 is 1. The Balaban J connectivity index is 1.88. The zero-order valence-electron chi connectivity index (χ0n) is 17.2. The van der Waals surface area contributed by atoms with Crippen LogP contribution in [0.2, 0.25) is 0 Å². The summed E-state index contributed by atoms with van der Waals surface area (Å²) in [5.41, 5.74) is 3.75. The highest BCUT2D eigenvalue weighted by atomic mass is 16.5. The lowest BCUT2D eigenvalue weighted by molar-refractivity contribution is -0.119. The SMILES string of the molecule is CCC(C)C(=O)Nc1ncc(-c2ccc(OC)cc2)nc1CCc1ccccc1. The van der Waals surface area contributed by atoms with Crippen molar-refractivity contribution in [2.75, 3.05) is 12.4 Å². The first-order valence-corrected chi connectivity index (χ1v) is 9.95. The molecule has 0 saturated heterocycles. The molecule has 3 aromatic rings. The van der Waals surface area contributed by atoms with E-state index in [1.807, 2.05) is 56.3 Å². The summed E-state index contributed by atoms with van der Waals surface area (Å²) >= 11 is 0. The molecule has 1 amide bonds. The third-order valence-corrected chi connectivity index (χ3v) is 5.03. The van der Waals surface area contributed by atoms with Gasteiger partial charge < -0.3 is 10.1 Å². The molecule has 0 radical (unpaired) electrons. The van der Waals surface area contributed by atoms with Crippen molar-refractivity contribution in [3.63, 3.8) is 0 Å². The van der Waals surface area contributed by atoms with Gasteiger partial charge in [0.2, 0.25) is 5.91 Å². The number of hydrogen-bond acceptors (Lipinski definition) is 4. The summed E-state index contributed by atoms with van der Waals surface area (Å²) in [6.07, 6.45) is 4.01. The van der Waals surface area contributed by atoms with Gasteiger partial charge in [-0.15, -0.1) is 0 Å². The maximum atomic E-state index is 12.4. The number of amides is 1. The zero-order chi connectivity index (χ0) is 20.6. The van der Waals surface area contributed by atoms with Crippen LogP contribution in [0.5, 0.6) is 5.75 Å². The number of carbonyl (C=O) groups excluding carboxylic acids is 1. The number of benzene rings is 2. The third kappa shape index (κ3) is 5.41. The number of nitrogens with zero attached hydrogens (tertiary/aromatic N) is 2. The molecule has 1 N–H and O–H groups in total. The molecule has 0 fully saturated rings. The summed E-state index contributed by atoms with van der Waals surface area (Å²) in [7, 11) is 1.64. The first-order chi connectivity index (χ1) is 14.1. The molecule has 0 aliphatic heterocycles. The van der Waals surface area contributed by atoms with Crippen LogP contribution in [-0.2, 0) is 17.6 Å². The Morgan fingerprint density at radius 3 is 2.45 bits per heavy atom.